The number of carbonyl (C=O) groups excluding carboxylic acids is 2. The van der Waals surface area contributed by atoms with Crippen LogP contribution in [0.1, 0.15) is 86.8 Å². The SMILES string of the molecule is Cc1ccc(CC(=O)[C@H]2CN(C(=O)N(C)C)C[C@@H]2c2nnc(CCCC(C)(C)C)n2C2CC2)c(C)c1. The van der Waals surface area contributed by atoms with Crippen molar-refractivity contribution in [3.8, 4) is 0 Å². The molecule has 0 radical (unpaired) electrons. The summed E-state index contributed by atoms with van der Waals surface area (Å²) in [5.41, 5.74) is 3.69. The van der Waals surface area contributed by atoms with E-state index in [-0.39, 0.29) is 29.1 Å². The zero-order valence-electron chi connectivity index (χ0n) is 23.2. The van der Waals surface area contributed by atoms with Gasteiger partial charge in [0.1, 0.15) is 17.4 Å². The van der Waals surface area contributed by atoms with Crippen molar-refractivity contribution >= 4 is 11.8 Å². The minimum absolute atomic E-state index is 0.0512. The molecule has 7 nitrogen and oxygen atoms in total. The first-order chi connectivity index (χ1) is 16.9. The number of Topliss-reactive ketones (excluding diaryl/α,β-unsaturated/α-hetero) is 1. The van der Waals surface area contributed by atoms with Crippen LogP contribution in [-0.4, -0.2) is 63.6 Å². The van der Waals surface area contributed by atoms with Crippen LogP contribution < -0.4 is 0 Å². The number of ketones is 1. The highest BCUT2D eigenvalue weighted by atomic mass is 16.2. The van der Waals surface area contributed by atoms with E-state index in [2.05, 4.69) is 62.5 Å². The molecule has 0 unspecified atom stereocenters. The molecule has 1 aliphatic carbocycles. The lowest BCUT2D eigenvalue weighted by molar-refractivity contribution is -0.122. The Morgan fingerprint density at radius 1 is 1.08 bits per heavy atom. The van der Waals surface area contributed by atoms with Crippen molar-refractivity contribution < 1.29 is 9.59 Å². The first kappa shape index (κ1) is 26.4. The molecule has 36 heavy (non-hydrogen) atoms. The topological polar surface area (TPSA) is 71.3 Å². The van der Waals surface area contributed by atoms with Crippen molar-refractivity contribution in [2.24, 2.45) is 11.3 Å². The Balaban J connectivity index is 1.61. The van der Waals surface area contributed by atoms with Crippen molar-refractivity contribution in [3.63, 3.8) is 0 Å². The summed E-state index contributed by atoms with van der Waals surface area (Å²) in [6, 6.07) is 6.63. The van der Waals surface area contributed by atoms with Gasteiger partial charge < -0.3 is 14.4 Å². The van der Waals surface area contributed by atoms with Crippen LogP contribution in [0.15, 0.2) is 18.2 Å². The quantitative estimate of drug-likeness (QED) is 0.512. The van der Waals surface area contributed by atoms with E-state index in [1.165, 1.54) is 5.56 Å². The summed E-state index contributed by atoms with van der Waals surface area (Å²) in [6.45, 7) is 11.9. The van der Waals surface area contributed by atoms with E-state index in [1.54, 1.807) is 19.0 Å². The van der Waals surface area contributed by atoms with Crippen LogP contribution in [-0.2, 0) is 17.6 Å². The number of hydrogen-bond acceptors (Lipinski definition) is 4. The number of urea groups is 1. The third-order valence-electron chi connectivity index (χ3n) is 7.61. The minimum atomic E-state index is -0.279. The molecule has 0 bridgehead atoms. The molecule has 2 atom stereocenters. The number of aromatic nitrogens is 3. The number of aryl methyl sites for hydroxylation is 3. The summed E-state index contributed by atoms with van der Waals surface area (Å²) in [4.78, 5) is 30.1. The third kappa shape index (κ3) is 5.98. The van der Waals surface area contributed by atoms with Crippen molar-refractivity contribution in [1.82, 2.24) is 24.6 Å². The number of hydrogen-bond donors (Lipinski definition) is 0. The van der Waals surface area contributed by atoms with Gasteiger partial charge in [0.2, 0.25) is 0 Å². The lowest BCUT2D eigenvalue weighted by Gasteiger charge is -2.21. The van der Waals surface area contributed by atoms with Gasteiger partial charge in [0.05, 0.1) is 0 Å². The average Bonchev–Trinajstić information content (AvgIpc) is 3.38. The van der Waals surface area contributed by atoms with Crippen LogP contribution in [0.4, 0.5) is 4.79 Å². The highest BCUT2D eigenvalue weighted by Crippen LogP contribution is 2.42. The van der Waals surface area contributed by atoms with Crippen molar-refractivity contribution in [1.29, 1.82) is 0 Å². The fraction of sp³-hybridized carbons (Fsp3) is 0.655. The van der Waals surface area contributed by atoms with Crippen molar-refractivity contribution in [2.45, 2.75) is 85.1 Å². The molecule has 1 saturated heterocycles. The van der Waals surface area contributed by atoms with Gasteiger partial charge in [0, 0.05) is 57.9 Å². The van der Waals surface area contributed by atoms with E-state index in [0.29, 0.717) is 25.6 Å². The van der Waals surface area contributed by atoms with Crippen LogP contribution in [0.2, 0.25) is 0 Å². The molecule has 2 heterocycles. The molecule has 7 heteroatoms. The number of nitrogens with zero attached hydrogens (tertiary/aromatic N) is 5. The highest BCUT2D eigenvalue weighted by Gasteiger charge is 2.44. The Labute approximate surface area is 216 Å². The third-order valence-corrected chi connectivity index (χ3v) is 7.61. The molecule has 4 rings (SSSR count). The molecular formula is C29H43N5O2. The van der Waals surface area contributed by atoms with Gasteiger partial charge in [0.15, 0.2) is 0 Å². The van der Waals surface area contributed by atoms with Gasteiger partial charge in [-0.3, -0.25) is 4.79 Å². The zero-order valence-corrected chi connectivity index (χ0v) is 23.2. The minimum Gasteiger partial charge on any atom is -0.331 e. The average molecular weight is 494 g/mol. The fourth-order valence-corrected chi connectivity index (χ4v) is 5.46. The van der Waals surface area contributed by atoms with Crippen LogP contribution in [0.3, 0.4) is 0 Å². The maximum absolute atomic E-state index is 13.8. The second kappa shape index (κ2) is 10.3. The number of benzene rings is 1. The van der Waals surface area contributed by atoms with Gasteiger partial charge in [-0.15, -0.1) is 10.2 Å². The van der Waals surface area contributed by atoms with Crippen molar-refractivity contribution in [2.75, 3.05) is 27.2 Å². The summed E-state index contributed by atoms with van der Waals surface area (Å²) in [5, 5.41) is 9.33. The molecule has 2 fully saturated rings. The molecule has 2 aliphatic rings. The van der Waals surface area contributed by atoms with E-state index >= 15 is 0 Å². The number of carbonyl (C=O) groups is 2. The Morgan fingerprint density at radius 3 is 2.42 bits per heavy atom. The van der Waals surface area contributed by atoms with Crippen LogP contribution >= 0.6 is 0 Å². The summed E-state index contributed by atoms with van der Waals surface area (Å²) in [6.07, 6.45) is 5.74. The van der Waals surface area contributed by atoms with E-state index < -0.39 is 0 Å². The molecule has 0 N–H and O–H groups in total. The first-order valence-electron chi connectivity index (χ1n) is 13.4. The van der Waals surface area contributed by atoms with Gasteiger partial charge in [-0.25, -0.2) is 4.79 Å². The summed E-state index contributed by atoms with van der Waals surface area (Å²) >= 11 is 0. The molecule has 1 aromatic carbocycles. The normalized spacial score (nSPS) is 20.1. The van der Waals surface area contributed by atoms with Crippen LogP contribution in [0, 0.1) is 25.2 Å². The van der Waals surface area contributed by atoms with Crippen LogP contribution in [0.5, 0.6) is 0 Å². The Hall–Kier alpha value is -2.70. The molecule has 2 amide bonds. The van der Waals surface area contributed by atoms with Gasteiger partial charge in [-0.1, -0.05) is 44.5 Å². The second-order valence-corrected chi connectivity index (χ2v) is 12.4. The van der Waals surface area contributed by atoms with Gasteiger partial charge in [-0.05, 0) is 56.1 Å². The Morgan fingerprint density at radius 2 is 1.81 bits per heavy atom. The highest BCUT2D eigenvalue weighted by molar-refractivity contribution is 5.86. The van der Waals surface area contributed by atoms with Gasteiger partial charge in [0.25, 0.3) is 0 Å². The van der Waals surface area contributed by atoms with E-state index in [1.807, 2.05) is 4.90 Å². The lowest BCUT2D eigenvalue weighted by Crippen LogP contribution is -2.38. The van der Waals surface area contributed by atoms with Gasteiger partial charge >= 0.3 is 6.03 Å². The molecule has 0 spiro atoms. The molecule has 1 aliphatic heterocycles. The van der Waals surface area contributed by atoms with Crippen LogP contribution in [0.25, 0.3) is 0 Å². The fourth-order valence-electron chi connectivity index (χ4n) is 5.46. The molecular weight excluding hydrogens is 450 g/mol. The van der Waals surface area contributed by atoms with E-state index in [0.717, 1.165) is 54.9 Å². The number of likely N-dealkylation sites (tertiary alicyclic amines) is 1. The maximum Gasteiger partial charge on any atom is 0.319 e. The van der Waals surface area contributed by atoms with Crippen molar-refractivity contribution in [3.05, 3.63) is 46.5 Å². The predicted molar refractivity (Wildman–Crippen MR) is 142 cm³/mol. The lowest BCUT2D eigenvalue weighted by atomic mass is 9.87. The number of amides is 2. The Bertz CT molecular complexity index is 1110. The van der Waals surface area contributed by atoms with E-state index in [9.17, 15) is 9.59 Å². The largest absolute Gasteiger partial charge is 0.331 e. The van der Waals surface area contributed by atoms with Gasteiger partial charge in [-0.2, -0.15) is 0 Å². The monoisotopic (exact) mass is 493 g/mol. The first-order valence-corrected chi connectivity index (χ1v) is 13.4. The molecule has 1 aromatic heterocycles. The molecule has 196 valence electrons. The number of rotatable bonds is 8. The smallest absolute Gasteiger partial charge is 0.319 e. The zero-order chi connectivity index (χ0) is 26.2. The standard InChI is InChI=1S/C29H43N5O2/c1-19-10-11-21(20(2)15-19)16-25(35)23-17-33(28(36)32(6)7)18-24(23)27-31-30-26(34(27)22-12-13-22)9-8-14-29(3,4)5/h10-11,15,22-24H,8-9,12-14,16-18H2,1-7H3/t23-,24-/m0/s1. The second-order valence-electron chi connectivity index (χ2n) is 12.4. The summed E-state index contributed by atoms with van der Waals surface area (Å²) in [5.74, 6) is 1.71. The van der Waals surface area contributed by atoms with E-state index in [4.69, 9.17) is 5.10 Å². The maximum atomic E-state index is 13.8. The molecule has 1 saturated carbocycles. The molecule has 2 aromatic rings. The summed E-state index contributed by atoms with van der Waals surface area (Å²) < 4.78 is 2.33. The predicted octanol–water partition coefficient (Wildman–Crippen LogP) is 5.11. The Kier molecular flexibility index (Phi) is 7.58. The summed E-state index contributed by atoms with van der Waals surface area (Å²) in [7, 11) is 3.53.